The van der Waals surface area contributed by atoms with Gasteiger partial charge in [-0.25, -0.2) is 4.98 Å². The zero-order valence-electron chi connectivity index (χ0n) is 18.7. The summed E-state index contributed by atoms with van der Waals surface area (Å²) in [5, 5.41) is 1.49. The SMILES string of the molecule is CC1(C)Cc2c(sc3nc(SCCOc4ccccc4)n(Cc4ccccc4)c(=O)c23)CO1. The molecule has 1 aliphatic rings. The number of aromatic nitrogens is 2. The van der Waals surface area contributed by atoms with Crippen molar-refractivity contribution in [1.82, 2.24) is 9.55 Å². The summed E-state index contributed by atoms with van der Waals surface area (Å²) in [5.74, 6) is 1.54. The second kappa shape index (κ2) is 9.33. The molecule has 0 radical (unpaired) electrons. The molecule has 170 valence electrons. The third-order valence-electron chi connectivity index (χ3n) is 5.67. The molecule has 0 amide bonds. The van der Waals surface area contributed by atoms with Gasteiger partial charge in [0.15, 0.2) is 5.16 Å². The molecule has 0 unspecified atom stereocenters. The van der Waals surface area contributed by atoms with Crippen LogP contribution in [0.15, 0.2) is 70.6 Å². The van der Waals surface area contributed by atoms with Crippen LogP contribution in [0.3, 0.4) is 0 Å². The quantitative estimate of drug-likeness (QED) is 0.199. The van der Waals surface area contributed by atoms with Crippen molar-refractivity contribution in [2.75, 3.05) is 12.4 Å². The lowest BCUT2D eigenvalue weighted by molar-refractivity contribution is -0.0379. The summed E-state index contributed by atoms with van der Waals surface area (Å²) < 4.78 is 13.7. The van der Waals surface area contributed by atoms with Crippen molar-refractivity contribution >= 4 is 33.3 Å². The zero-order chi connectivity index (χ0) is 22.8. The molecule has 3 heterocycles. The third kappa shape index (κ3) is 4.86. The second-order valence-electron chi connectivity index (χ2n) is 8.69. The van der Waals surface area contributed by atoms with E-state index in [0.717, 1.165) is 43.5 Å². The van der Waals surface area contributed by atoms with Gasteiger partial charge in [0.05, 0.1) is 30.7 Å². The van der Waals surface area contributed by atoms with Crippen LogP contribution in [0.25, 0.3) is 10.2 Å². The Morgan fingerprint density at radius 1 is 1.12 bits per heavy atom. The lowest BCUT2D eigenvalue weighted by atomic mass is 9.94. The normalized spacial score (nSPS) is 14.8. The van der Waals surface area contributed by atoms with Crippen LogP contribution in [-0.2, 0) is 24.3 Å². The van der Waals surface area contributed by atoms with E-state index in [4.69, 9.17) is 14.5 Å². The Morgan fingerprint density at radius 3 is 2.61 bits per heavy atom. The molecule has 1 aliphatic heterocycles. The van der Waals surface area contributed by atoms with Crippen LogP contribution >= 0.6 is 23.1 Å². The minimum absolute atomic E-state index is 0.0329. The lowest BCUT2D eigenvalue weighted by Gasteiger charge is -2.29. The summed E-state index contributed by atoms with van der Waals surface area (Å²) in [4.78, 5) is 20.7. The van der Waals surface area contributed by atoms with Crippen LogP contribution in [0.2, 0.25) is 0 Å². The van der Waals surface area contributed by atoms with Gasteiger partial charge in [-0.1, -0.05) is 60.3 Å². The number of thiophene rings is 1. The van der Waals surface area contributed by atoms with Crippen molar-refractivity contribution in [3.63, 3.8) is 0 Å². The maximum atomic E-state index is 13.8. The lowest BCUT2D eigenvalue weighted by Crippen LogP contribution is -2.32. The minimum Gasteiger partial charge on any atom is -0.493 e. The average molecular weight is 479 g/mol. The number of hydrogen-bond donors (Lipinski definition) is 0. The zero-order valence-corrected chi connectivity index (χ0v) is 20.4. The summed E-state index contributed by atoms with van der Waals surface area (Å²) in [5.41, 5.74) is 1.94. The summed E-state index contributed by atoms with van der Waals surface area (Å²) in [6, 6.07) is 19.8. The minimum atomic E-state index is -0.278. The van der Waals surface area contributed by atoms with Crippen molar-refractivity contribution in [2.24, 2.45) is 0 Å². The first-order chi connectivity index (χ1) is 16.0. The number of ether oxygens (including phenoxy) is 2. The number of hydrogen-bond acceptors (Lipinski definition) is 6. The van der Waals surface area contributed by atoms with Crippen LogP contribution < -0.4 is 10.3 Å². The Morgan fingerprint density at radius 2 is 1.85 bits per heavy atom. The monoisotopic (exact) mass is 478 g/mol. The molecule has 2 aromatic carbocycles. The Labute approximate surface area is 201 Å². The Kier molecular flexibility index (Phi) is 6.27. The molecule has 0 saturated carbocycles. The molecule has 5 rings (SSSR count). The van der Waals surface area contributed by atoms with Crippen LogP contribution in [0.4, 0.5) is 0 Å². The average Bonchev–Trinajstić information content (AvgIpc) is 3.17. The molecule has 4 aromatic rings. The first kappa shape index (κ1) is 22.2. The highest BCUT2D eigenvalue weighted by Crippen LogP contribution is 2.37. The van der Waals surface area contributed by atoms with E-state index in [1.165, 1.54) is 0 Å². The van der Waals surface area contributed by atoms with E-state index in [1.54, 1.807) is 23.1 Å². The standard InChI is InChI=1S/C26H26N2O3S2/c1-26(2)15-20-21(17-31-26)33-23-22(20)24(29)28(16-18-9-5-3-6-10-18)25(27-23)32-14-13-30-19-11-7-4-8-12-19/h3-12H,13-17H2,1-2H3. The maximum absolute atomic E-state index is 13.8. The molecule has 0 saturated heterocycles. The fraction of sp³-hybridized carbons (Fsp3) is 0.308. The number of thioether (sulfide) groups is 1. The van der Waals surface area contributed by atoms with E-state index in [0.29, 0.717) is 25.5 Å². The summed E-state index contributed by atoms with van der Waals surface area (Å²) in [6.45, 7) is 5.72. The second-order valence-corrected chi connectivity index (χ2v) is 10.8. The predicted molar refractivity (Wildman–Crippen MR) is 135 cm³/mol. The largest absolute Gasteiger partial charge is 0.493 e. The number of fused-ring (bicyclic) bond motifs is 3. The molecule has 0 spiro atoms. The van der Waals surface area contributed by atoms with Crippen LogP contribution in [0.1, 0.15) is 29.9 Å². The van der Waals surface area contributed by atoms with Gasteiger partial charge in [0.25, 0.3) is 5.56 Å². The molecular weight excluding hydrogens is 452 g/mol. The van der Waals surface area contributed by atoms with Crippen molar-refractivity contribution in [3.8, 4) is 5.75 Å². The highest BCUT2D eigenvalue weighted by Gasteiger charge is 2.31. The molecule has 0 fully saturated rings. The highest BCUT2D eigenvalue weighted by atomic mass is 32.2. The molecule has 0 bridgehead atoms. The van der Waals surface area contributed by atoms with Gasteiger partial charge in [0.1, 0.15) is 10.6 Å². The van der Waals surface area contributed by atoms with Gasteiger partial charge in [0.2, 0.25) is 0 Å². The fourth-order valence-electron chi connectivity index (χ4n) is 4.03. The van der Waals surface area contributed by atoms with E-state index in [2.05, 4.69) is 13.8 Å². The molecule has 0 aliphatic carbocycles. The van der Waals surface area contributed by atoms with Crippen molar-refractivity contribution in [3.05, 3.63) is 87.0 Å². The van der Waals surface area contributed by atoms with Crippen LogP contribution in [-0.4, -0.2) is 27.5 Å². The van der Waals surface area contributed by atoms with Gasteiger partial charge in [-0.3, -0.25) is 9.36 Å². The van der Waals surface area contributed by atoms with Crippen molar-refractivity contribution in [2.45, 2.75) is 44.2 Å². The molecular formula is C26H26N2O3S2. The molecule has 2 aromatic heterocycles. The van der Waals surface area contributed by atoms with Gasteiger partial charge in [-0.05, 0) is 37.1 Å². The van der Waals surface area contributed by atoms with Gasteiger partial charge in [0, 0.05) is 17.1 Å². The predicted octanol–water partition coefficient (Wildman–Crippen LogP) is 5.53. The maximum Gasteiger partial charge on any atom is 0.263 e. The van der Waals surface area contributed by atoms with Crippen molar-refractivity contribution in [1.29, 1.82) is 0 Å². The number of para-hydroxylation sites is 1. The van der Waals surface area contributed by atoms with Gasteiger partial charge in [-0.15, -0.1) is 11.3 Å². The smallest absolute Gasteiger partial charge is 0.263 e. The molecule has 0 N–H and O–H groups in total. The number of nitrogens with zero attached hydrogens (tertiary/aromatic N) is 2. The fourth-order valence-corrected chi connectivity index (χ4v) is 5.99. The molecule has 0 atom stereocenters. The van der Waals surface area contributed by atoms with E-state index < -0.39 is 0 Å². The van der Waals surface area contributed by atoms with Gasteiger partial charge >= 0.3 is 0 Å². The summed E-state index contributed by atoms with van der Waals surface area (Å²) in [6.07, 6.45) is 0.724. The van der Waals surface area contributed by atoms with Gasteiger partial charge < -0.3 is 9.47 Å². The van der Waals surface area contributed by atoms with E-state index in [9.17, 15) is 4.79 Å². The summed E-state index contributed by atoms with van der Waals surface area (Å²) in [7, 11) is 0. The number of rotatable bonds is 7. The number of benzene rings is 2. The van der Waals surface area contributed by atoms with Gasteiger partial charge in [-0.2, -0.15) is 0 Å². The summed E-state index contributed by atoms with van der Waals surface area (Å²) >= 11 is 3.15. The van der Waals surface area contributed by atoms with E-state index >= 15 is 0 Å². The van der Waals surface area contributed by atoms with E-state index in [-0.39, 0.29) is 11.2 Å². The Balaban J connectivity index is 1.48. The Bertz CT molecular complexity index is 1310. The Hall–Kier alpha value is -2.61. The highest BCUT2D eigenvalue weighted by molar-refractivity contribution is 7.99. The van der Waals surface area contributed by atoms with Crippen LogP contribution in [0, 0.1) is 0 Å². The first-order valence-corrected chi connectivity index (χ1v) is 12.8. The topological polar surface area (TPSA) is 53.4 Å². The molecule has 33 heavy (non-hydrogen) atoms. The molecule has 7 heteroatoms. The first-order valence-electron chi connectivity index (χ1n) is 11.0. The molecule has 5 nitrogen and oxygen atoms in total. The van der Waals surface area contributed by atoms with Crippen molar-refractivity contribution < 1.29 is 9.47 Å². The third-order valence-corrected chi connectivity index (χ3v) is 7.71. The van der Waals surface area contributed by atoms with Crippen LogP contribution in [0.5, 0.6) is 5.75 Å². The van der Waals surface area contributed by atoms with E-state index in [1.807, 2.05) is 65.2 Å².